The molecule has 3 fully saturated rings. The molecule has 1 aliphatic heterocycles. The van der Waals surface area contributed by atoms with E-state index in [0.717, 1.165) is 5.56 Å². The number of nitrogens with one attached hydrogen (secondary N) is 1. The average Bonchev–Trinajstić information content (AvgIpc) is 3.56. The second-order valence-corrected chi connectivity index (χ2v) is 9.10. The van der Waals surface area contributed by atoms with Gasteiger partial charge in [-0.2, -0.15) is 11.3 Å². The van der Waals surface area contributed by atoms with Crippen LogP contribution in [0.15, 0.2) is 47.2 Å². The summed E-state index contributed by atoms with van der Waals surface area (Å²) in [5.74, 6) is 2.14. The zero-order valence-electron chi connectivity index (χ0n) is 15.7. The maximum atomic E-state index is 15.1. The number of halogens is 1. The van der Waals surface area contributed by atoms with Gasteiger partial charge in [0.05, 0.1) is 0 Å². The maximum absolute atomic E-state index is 15.1. The van der Waals surface area contributed by atoms with E-state index in [1.165, 1.54) is 5.56 Å². The molecule has 5 rings (SSSR count). The molecular formula is C22H25FN2O2S. The number of fused-ring (bicyclic) bond motifs is 1. The molecule has 0 spiro atoms. The van der Waals surface area contributed by atoms with Crippen molar-refractivity contribution < 1.29 is 13.9 Å². The Bertz CT molecular complexity index is 810. The molecule has 2 aromatic rings. The zero-order valence-corrected chi connectivity index (χ0v) is 16.5. The van der Waals surface area contributed by atoms with Crippen LogP contribution in [0.2, 0.25) is 0 Å². The predicted octanol–water partition coefficient (Wildman–Crippen LogP) is 4.19. The third-order valence-corrected chi connectivity index (χ3v) is 7.23. The minimum Gasteiger partial charge on any atom is -0.445 e. The van der Waals surface area contributed by atoms with E-state index in [4.69, 9.17) is 4.74 Å². The van der Waals surface area contributed by atoms with Crippen LogP contribution in [0.1, 0.15) is 29.9 Å². The highest BCUT2D eigenvalue weighted by molar-refractivity contribution is 7.08. The van der Waals surface area contributed by atoms with E-state index in [2.05, 4.69) is 22.1 Å². The molecule has 0 bridgehead atoms. The van der Waals surface area contributed by atoms with Gasteiger partial charge in [-0.25, -0.2) is 9.18 Å². The van der Waals surface area contributed by atoms with Crippen molar-refractivity contribution >= 4 is 17.4 Å². The number of piperidine rings is 1. The van der Waals surface area contributed by atoms with Crippen molar-refractivity contribution in [2.75, 3.05) is 19.6 Å². The Balaban J connectivity index is 1.03. The Labute approximate surface area is 168 Å². The molecule has 2 unspecified atom stereocenters. The first kappa shape index (κ1) is 18.1. The topological polar surface area (TPSA) is 41.6 Å². The lowest BCUT2D eigenvalue weighted by atomic mass is 9.93. The van der Waals surface area contributed by atoms with Gasteiger partial charge in [-0.15, -0.1) is 0 Å². The lowest BCUT2D eigenvalue weighted by Crippen LogP contribution is -2.49. The van der Waals surface area contributed by atoms with Crippen molar-refractivity contribution in [2.45, 2.75) is 37.1 Å². The second-order valence-electron chi connectivity index (χ2n) is 8.32. The zero-order chi connectivity index (χ0) is 19.1. The number of carbonyl (C=O) groups is 1. The number of thiophene rings is 1. The highest BCUT2D eigenvalue weighted by atomic mass is 32.1. The normalized spacial score (nSPS) is 29.8. The van der Waals surface area contributed by atoms with Gasteiger partial charge in [0.15, 0.2) is 0 Å². The molecule has 1 aromatic heterocycles. The fraction of sp³-hybridized carbons (Fsp3) is 0.500. The molecule has 2 heterocycles. The highest BCUT2D eigenvalue weighted by Crippen LogP contribution is 2.73. The summed E-state index contributed by atoms with van der Waals surface area (Å²) >= 11 is 1.75. The van der Waals surface area contributed by atoms with E-state index in [9.17, 15) is 4.79 Å². The Morgan fingerprint density at radius 2 is 1.96 bits per heavy atom. The summed E-state index contributed by atoms with van der Waals surface area (Å²) in [6.45, 7) is 1.49. The van der Waals surface area contributed by atoms with Gasteiger partial charge in [0.25, 0.3) is 0 Å². The lowest BCUT2D eigenvalue weighted by molar-refractivity contribution is 0.0401. The lowest BCUT2D eigenvalue weighted by Gasteiger charge is -2.36. The summed E-state index contributed by atoms with van der Waals surface area (Å²) in [6.07, 6.45) is 0.397. The number of ether oxygens (including phenoxy) is 1. The monoisotopic (exact) mass is 400 g/mol. The molecule has 1 amide bonds. The van der Waals surface area contributed by atoms with Gasteiger partial charge < -0.3 is 15.0 Å². The first-order valence-corrected chi connectivity index (χ1v) is 11.0. The summed E-state index contributed by atoms with van der Waals surface area (Å²) in [6, 6.07) is 12.3. The molecule has 2 atom stereocenters. The first-order valence-electron chi connectivity index (χ1n) is 10.0. The van der Waals surface area contributed by atoms with E-state index in [1.54, 1.807) is 16.2 Å². The molecule has 1 aromatic carbocycles. The van der Waals surface area contributed by atoms with Gasteiger partial charge >= 0.3 is 6.09 Å². The predicted molar refractivity (Wildman–Crippen MR) is 107 cm³/mol. The molecule has 6 heteroatoms. The summed E-state index contributed by atoms with van der Waals surface area (Å²) in [4.78, 5) is 13.8. The molecule has 3 aliphatic rings. The van der Waals surface area contributed by atoms with Gasteiger partial charge in [0.2, 0.25) is 0 Å². The largest absolute Gasteiger partial charge is 0.445 e. The third kappa shape index (κ3) is 3.55. The molecule has 2 saturated carbocycles. The van der Waals surface area contributed by atoms with Crippen LogP contribution in [0, 0.1) is 11.8 Å². The second kappa shape index (κ2) is 7.16. The quantitative estimate of drug-likeness (QED) is 0.791. The van der Waals surface area contributed by atoms with Crippen LogP contribution in [-0.2, 0) is 11.3 Å². The number of alkyl halides is 1. The van der Waals surface area contributed by atoms with Crippen molar-refractivity contribution in [1.29, 1.82) is 0 Å². The Kier molecular flexibility index (Phi) is 4.63. The van der Waals surface area contributed by atoms with Gasteiger partial charge in [0.1, 0.15) is 12.3 Å². The Morgan fingerprint density at radius 3 is 2.64 bits per heavy atom. The standard InChI is InChI=1S/C22H25FN2O2S/c23-22(14-24-20-18-17(19(18)20)16-6-11-28-13-16)7-9-25(10-8-22)21(26)27-12-15-4-2-1-3-5-15/h1-6,11,13,17-20,24H,7-10,12,14H2. The smallest absolute Gasteiger partial charge is 0.410 e. The van der Waals surface area contributed by atoms with Crippen molar-refractivity contribution in [3.63, 3.8) is 0 Å². The fourth-order valence-electron chi connectivity index (χ4n) is 4.58. The number of rotatable bonds is 6. The van der Waals surface area contributed by atoms with Crippen LogP contribution in [0.25, 0.3) is 0 Å². The van der Waals surface area contributed by atoms with E-state index >= 15 is 4.39 Å². The van der Waals surface area contributed by atoms with Crippen LogP contribution in [0.3, 0.4) is 0 Å². The number of amides is 1. The molecule has 28 heavy (non-hydrogen) atoms. The Hall–Kier alpha value is -1.92. The molecule has 148 valence electrons. The van der Waals surface area contributed by atoms with Crippen LogP contribution < -0.4 is 5.32 Å². The molecule has 4 nitrogen and oxygen atoms in total. The minimum atomic E-state index is -1.22. The van der Waals surface area contributed by atoms with E-state index in [0.29, 0.717) is 56.3 Å². The maximum Gasteiger partial charge on any atom is 0.410 e. The SMILES string of the molecule is O=C(OCc1ccccc1)N1CCC(F)(CNC2C3C(c4ccsc4)C23)CC1. The number of hydrogen-bond donors (Lipinski definition) is 1. The van der Waals surface area contributed by atoms with E-state index < -0.39 is 5.67 Å². The van der Waals surface area contributed by atoms with Gasteiger partial charge in [-0.3, -0.25) is 0 Å². The highest BCUT2D eigenvalue weighted by Gasteiger charge is 2.73. The third-order valence-electron chi connectivity index (χ3n) is 6.53. The molecule has 1 saturated heterocycles. The number of likely N-dealkylation sites (tertiary alicyclic amines) is 1. The van der Waals surface area contributed by atoms with Crippen LogP contribution >= 0.6 is 11.3 Å². The Morgan fingerprint density at radius 1 is 1.21 bits per heavy atom. The molecular weight excluding hydrogens is 375 g/mol. The summed E-state index contributed by atoms with van der Waals surface area (Å²) in [5, 5.41) is 7.81. The van der Waals surface area contributed by atoms with Crippen LogP contribution in [0.4, 0.5) is 9.18 Å². The average molecular weight is 401 g/mol. The number of carbonyl (C=O) groups excluding carboxylic acids is 1. The fourth-order valence-corrected chi connectivity index (χ4v) is 5.29. The van der Waals surface area contributed by atoms with E-state index in [1.807, 2.05) is 30.3 Å². The summed E-state index contributed by atoms with van der Waals surface area (Å²) in [7, 11) is 0. The minimum absolute atomic E-state index is 0.258. The van der Waals surface area contributed by atoms with Crippen molar-refractivity contribution in [1.82, 2.24) is 10.2 Å². The molecule has 2 aliphatic carbocycles. The summed E-state index contributed by atoms with van der Waals surface area (Å²) < 4.78 is 20.5. The van der Waals surface area contributed by atoms with Crippen molar-refractivity contribution in [2.24, 2.45) is 11.8 Å². The number of hydrogen-bond acceptors (Lipinski definition) is 4. The van der Waals surface area contributed by atoms with Crippen molar-refractivity contribution in [3.05, 3.63) is 58.3 Å². The van der Waals surface area contributed by atoms with Gasteiger partial charge in [-0.05, 0) is 45.7 Å². The molecule has 0 radical (unpaired) electrons. The van der Waals surface area contributed by atoms with Gasteiger partial charge in [0, 0.05) is 38.5 Å². The van der Waals surface area contributed by atoms with Crippen molar-refractivity contribution in [3.8, 4) is 0 Å². The number of nitrogens with zero attached hydrogens (tertiary/aromatic N) is 1. The summed E-state index contributed by atoms with van der Waals surface area (Å²) in [5.41, 5.74) is 1.19. The van der Waals surface area contributed by atoms with Gasteiger partial charge in [-0.1, -0.05) is 30.3 Å². The first-order chi connectivity index (χ1) is 13.6. The van der Waals surface area contributed by atoms with Crippen LogP contribution in [0.5, 0.6) is 0 Å². The molecule has 1 N–H and O–H groups in total. The number of benzene rings is 1. The van der Waals surface area contributed by atoms with Crippen LogP contribution in [-0.4, -0.2) is 42.3 Å². The van der Waals surface area contributed by atoms with E-state index in [-0.39, 0.29) is 12.7 Å².